The van der Waals surface area contributed by atoms with Crippen molar-refractivity contribution < 1.29 is 4.42 Å². The molecule has 6 heteroatoms. The number of hydrogen-bond donors (Lipinski definition) is 1. The summed E-state index contributed by atoms with van der Waals surface area (Å²) in [5, 5.41) is 10.1. The van der Waals surface area contributed by atoms with Gasteiger partial charge >= 0.3 is 0 Å². The van der Waals surface area contributed by atoms with Crippen LogP contribution in [0.3, 0.4) is 0 Å². The number of furan rings is 1. The maximum atomic E-state index is 6.05. The number of rotatable bonds is 4. The van der Waals surface area contributed by atoms with Gasteiger partial charge in [-0.1, -0.05) is 41.9 Å². The zero-order valence-electron chi connectivity index (χ0n) is 15.8. The molecule has 0 saturated heterocycles. The standard InChI is InChI=1S/C23H19ClN4O/c1-15-7-12-22(29-15)21-13-20(25-26-21)19-14-28(18-10-8-17(24)9-11-18)27-23(19)16-5-3-2-4-6-16/h2-12,14,20,25H,13H2,1H3. The molecular weight excluding hydrogens is 384 g/mol. The molecule has 5 nitrogen and oxygen atoms in total. The second-order valence-corrected chi connectivity index (χ2v) is 7.51. The predicted molar refractivity (Wildman–Crippen MR) is 114 cm³/mol. The number of nitrogens with zero attached hydrogens (tertiary/aromatic N) is 3. The highest BCUT2D eigenvalue weighted by molar-refractivity contribution is 6.30. The van der Waals surface area contributed by atoms with Crippen molar-refractivity contribution in [3.63, 3.8) is 0 Å². The second kappa shape index (κ2) is 7.26. The molecule has 2 aromatic carbocycles. The van der Waals surface area contributed by atoms with E-state index < -0.39 is 0 Å². The molecule has 3 heterocycles. The third-order valence-electron chi connectivity index (χ3n) is 5.03. The minimum Gasteiger partial charge on any atom is -0.460 e. The molecule has 29 heavy (non-hydrogen) atoms. The predicted octanol–water partition coefficient (Wildman–Crippen LogP) is 5.53. The van der Waals surface area contributed by atoms with E-state index in [1.54, 1.807) is 0 Å². The average molecular weight is 403 g/mol. The van der Waals surface area contributed by atoms with E-state index in [4.69, 9.17) is 21.1 Å². The molecule has 0 fully saturated rings. The van der Waals surface area contributed by atoms with Gasteiger partial charge in [0.25, 0.3) is 0 Å². The minimum atomic E-state index is 0.0201. The van der Waals surface area contributed by atoms with E-state index in [0.29, 0.717) is 5.02 Å². The molecule has 1 aliphatic heterocycles. The largest absolute Gasteiger partial charge is 0.460 e. The number of halogens is 1. The summed E-state index contributed by atoms with van der Waals surface area (Å²) in [5.41, 5.74) is 8.24. The van der Waals surface area contributed by atoms with Gasteiger partial charge in [0, 0.05) is 28.8 Å². The van der Waals surface area contributed by atoms with Crippen LogP contribution in [0.2, 0.25) is 5.02 Å². The summed E-state index contributed by atoms with van der Waals surface area (Å²) in [5.74, 6) is 1.69. The summed E-state index contributed by atoms with van der Waals surface area (Å²) in [6.07, 6.45) is 2.80. The lowest BCUT2D eigenvalue weighted by Crippen LogP contribution is -2.10. The smallest absolute Gasteiger partial charge is 0.150 e. The molecule has 0 aliphatic carbocycles. The maximum Gasteiger partial charge on any atom is 0.150 e. The van der Waals surface area contributed by atoms with Gasteiger partial charge in [0.15, 0.2) is 0 Å². The Bertz CT molecular complexity index is 1180. The van der Waals surface area contributed by atoms with Gasteiger partial charge in [-0.2, -0.15) is 10.2 Å². The maximum absolute atomic E-state index is 6.05. The molecule has 0 spiro atoms. The lowest BCUT2D eigenvalue weighted by molar-refractivity contribution is 0.524. The Kier molecular flexibility index (Phi) is 4.45. The molecule has 0 amide bonds. The molecule has 0 radical (unpaired) electrons. The zero-order chi connectivity index (χ0) is 19.8. The summed E-state index contributed by atoms with van der Waals surface area (Å²) in [6.45, 7) is 1.94. The van der Waals surface area contributed by atoms with Crippen LogP contribution in [-0.2, 0) is 0 Å². The van der Waals surface area contributed by atoms with E-state index in [9.17, 15) is 0 Å². The quantitative estimate of drug-likeness (QED) is 0.488. The molecule has 1 unspecified atom stereocenters. The van der Waals surface area contributed by atoms with E-state index in [1.165, 1.54) is 0 Å². The summed E-state index contributed by atoms with van der Waals surface area (Å²) in [4.78, 5) is 0. The Balaban J connectivity index is 1.52. The van der Waals surface area contributed by atoms with Gasteiger partial charge in [0.1, 0.15) is 17.2 Å². The van der Waals surface area contributed by atoms with E-state index >= 15 is 0 Å². The van der Waals surface area contributed by atoms with Gasteiger partial charge in [0.05, 0.1) is 17.4 Å². The van der Waals surface area contributed by atoms with Crippen LogP contribution in [0.1, 0.15) is 29.5 Å². The van der Waals surface area contributed by atoms with Gasteiger partial charge in [-0.25, -0.2) is 4.68 Å². The van der Waals surface area contributed by atoms with Gasteiger partial charge in [0.2, 0.25) is 0 Å². The molecule has 2 aromatic heterocycles. The first-order chi connectivity index (χ1) is 14.2. The number of hydrogen-bond acceptors (Lipinski definition) is 4. The fourth-order valence-electron chi connectivity index (χ4n) is 3.55. The summed E-state index contributed by atoms with van der Waals surface area (Å²) in [7, 11) is 0. The van der Waals surface area contributed by atoms with E-state index in [2.05, 4.69) is 28.9 Å². The van der Waals surface area contributed by atoms with E-state index in [-0.39, 0.29) is 6.04 Å². The van der Waals surface area contributed by atoms with Crippen molar-refractivity contribution in [2.24, 2.45) is 5.10 Å². The average Bonchev–Trinajstić information content (AvgIpc) is 3.48. The van der Waals surface area contributed by atoms with Crippen molar-refractivity contribution in [2.75, 3.05) is 0 Å². The highest BCUT2D eigenvalue weighted by Gasteiger charge is 2.27. The molecule has 1 aliphatic rings. The molecule has 5 rings (SSSR count). The topological polar surface area (TPSA) is 55.4 Å². The minimum absolute atomic E-state index is 0.0201. The molecule has 0 saturated carbocycles. The third-order valence-corrected chi connectivity index (χ3v) is 5.29. The number of aromatic nitrogens is 2. The first-order valence-corrected chi connectivity index (χ1v) is 9.85. The second-order valence-electron chi connectivity index (χ2n) is 7.07. The number of nitrogens with one attached hydrogen (secondary N) is 1. The van der Waals surface area contributed by atoms with Crippen LogP contribution in [0.4, 0.5) is 0 Å². The van der Waals surface area contributed by atoms with Crippen molar-refractivity contribution in [1.29, 1.82) is 0 Å². The van der Waals surface area contributed by atoms with Crippen LogP contribution in [0.15, 0.2) is 82.4 Å². The Labute approximate surface area is 173 Å². The van der Waals surface area contributed by atoms with Crippen LogP contribution in [0.25, 0.3) is 16.9 Å². The first-order valence-electron chi connectivity index (χ1n) is 9.47. The summed E-state index contributed by atoms with van der Waals surface area (Å²) in [6, 6.07) is 21.8. The Morgan fingerprint density at radius 2 is 1.83 bits per heavy atom. The Morgan fingerprint density at radius 3 is 2.55 bits per heavy atom. The molecule has 0 bridgehead atoms. The lowest BCUT2D eigenvalue weighted by Gasteiger charge is -2.09. The van der Waals surface area contributed by atoms with Crippen molar-refractivity contribution in [3.8, 4) is 16.9 Å². The van der Waals surface area contributed by atoms with Crippen LogP contribution in [0, 0.1) is 6.92 Å². The van der Waals surface area contributed by atoms with Gasteiger partial charge in [-0.3, -0.25) is 0 Å². The lowest BCUT2D eigenvalue weighted by atomic mass is 9.99. The molecule has 1 atom stereocenters. The third kappa shape index (κ3) is 3.45. The van der Waals surface area contributed by atoms with Crippen LogP contribution >= 0.6 is 11.6 Å². The SMILES string of the molecule is Cc1ccc(C2=NNC(c3cn(-c4ccc(Cl)cc4)nc3-c3ccccc3)C2)o1. The zero-order valence-corrected chi connectivity index (χ0v) is 16.6. The van der Waals surface area contributed by atoms with Crippen molar-refractivity contribution in [2.45, 2.75) is 19.4 Å². The highest BCUT2D eigenvalue weighted by Crippen LogP contribution is 2.33. The van der Waals surface area contributed by atoms with Crippen LogP contribution in [-0.4, -0.2) is 15.5 Å². The summed E-state index contributed by atoms with van der Waals surface area (Å²) < 4.78 is 7.64. The summed E-state index contributed by atoms with van der Waals surface area (Å²) >= 11 is 6.05. The Hall–Kier alpha value is -3.31. The monoisotopic (exact) mass is 402 g/mol. The number of benzene rings is 2. The Morgan fingerprint density at radius 1 is 1.03 bits per heavy atom. The fraction of sp³-hybridized carbons (Fsp3) is 0.130. The molecular formula is C23H19ClN4O. The molecule has 1 N–H and O–H groups in total. The van der Waals surface area contributed by atoms with E-state index in [1.807, 2.05) is 66.2 Å². The van der Waals surface area contributed by atoms with E-state index in [0.717, 1.165) is 46.2 Å². The van der Waals surface area contributed by atoms with Crippen LogP contribution in [0.5, 0.6) is 0 Å². The molecule has 4 aromatic rings. The van der Waals surface area contributed by atoms with Gasteiger partial charge in [-0.15, -0.1) is 0 Å². The highest BCUT2D eigenvalue weighted by atomic mass is 35.5. The molecule has 144 valence electrons. The first kappa shape index (κ1) is 17.8. The van der Waals surface area contributed by atoms with Crippen molar-refractivity contribution in [3.05, 3.63) is 95.0 Å². The normalized spacial score (nSPS) is 15.9. The van der Waals surface area contributed by atoms with Crippen molar-refractivity contribution >= 4 is 17.3 Å². The van der Waals surface area contributed by atoms with Crippen LogP contribution < -0.4 is 5.43 Å². The van der Waals surface area contributed by atoms with Crippen molar-refractivity contribution in [1.82, 2.24) is 15.2 Å². The number of hydrazone groups is 1. The van der Waals surface area contributed by atoms with Gasteiger partial charge in [-0.05, 0) is 43.3 Å². The fourth-order valence-corrected chi connectivity index (χ4v) is 3.68. The van der Waals surface area contributed by atoms with Gasteiger partial charge < -0.3 is 9.84 Å². The number of aryl methyl sites for hydroxylation is 1.